The van der Waals surface area contributed by atoms with Crippen LogP contribution in [0.25, 0.3) is 10.9 Å². The number of carbonyl (C=O) groups excluding carboxylic acids is 1. The molecule has 232 valence electrons. The molecule has 0 spiro atoms. The molecule has 0 saturated carbocycles. The Morgan fingerprint density at radius 1 is 1.07 bits per heavy atom. The van der Waals surface area contributed by atoms with Crippen molar-refractivity contribution >= 4 is 44.7 Å². The Balaban J connectivity index is 0.000000440. The first kappa shape index (κ1) is 32.7. The SMILES string of the molecule is C=CC(=O)O.COc1cc2nc(N3CCN(C(=O)C4COc5ccccc5O4)CC3)nc(N)c2cc1OC.CS(=O)(=O)O. The van der Waals surface area contributed by atoms with Crippen molar-refractivity contribution in [3.05, 3.63) is 49.1 Å². The lowest BCUT2D eigenvalue weighted by Gasteiger charge is -2.37. The number of aliphatic carboxylic acids is 1. The zero-order chi connectivity index (χ0) is 31.7. The third kappa shape index (κ3) is 9.08. The zero-order valence-electron chi connectivity index (χ0n) is 23.8. The molecule has 5 rings (SSSR count). The number of amides is 1. The van der Waals surface area contributed by atoms with E-state index < -0.39 is 22.2 Å². The number of rotatable bonds is 5. The van der Waals surface area contributed by atoms with Crippen molar-refractivity contribution in [2.24, 2.45) is 0 Å². The first-order chi connectivity index (χ1) is 20.3. The summed E-state index contributed by atoms with van der Waals surface area (Å²) in [6.07, 6.45) is 0.897. The lowest BCUT2D eigenvalue weighted by Crippen LogP contribution is -2.54. The number of nitrogens with zero attached hydrogens (tertiary/aromatic N) is 4. The Morgan fingerprint density at radius 3 is 2.19 bits per heavy atom. The summed E-state index contributed by atoms with van der Waals surface area (Å²) < 4.78 is 48.2. The maximum atomic E-state index is 13.0. The average Bonchev–Trinajstić information content (AvgIpc) is 2.99. The molecule has 2 aliphatic heterocycles. The van der Waals surface area contributed by atoms with Crippen molar-refractivity contribution in [2.75, 3.05) is 63.9 Å². The average molecular weight is 620 g/mol. The van der Waals surface area contributed by atoms with Gasteiger partial charge in [0.1, 0.15) is 12.4 Å². The van der Waals surface area contributed by atoms with Gasteiger partial charge in [-0.1, -0.05) is 18.7 Å². The molecule has 1 saturated heterocycles. The molecule has 0 aliphatic carbocycles. The Bertz CT molecular complexity index is 1570. The molecular formula is C27H33N5O10S. The number of carboxylic acid groups (broad SMARTS) is 1. The van der Waals surface area contributed by atoms with Crippen LogP contribution in [-0.4, -0.2) is 104 Å². The van der Waals surface area contributed by atoms with Crippen LogP contribution < -0.4 is 29.6 Å². The van der Waals surface area contributed by atoms with E-state index in [0.717, 1.165) is 6.08 Å². The number of piperazine rings is 1. The molecule has 1 unspecified atom stereocenters. The molecule has 3 heterocycles. The number of fused-ring (bicyclic) bond motifs is 2. The number of methoxy groups -OCH3 is 2. The number of benzene rings is 2. The van der Waals surface area contributed by atoms with Gasteiger partial charge in [-0.05, 0) is 18.2 Å². The summed E-state index contributed by atoms with van der Waals surface area (Å²) in [6, 6.07) is 10.9. The normalized spacial score (nSPS) is 15.7. The van der Waals surface area contributed by atoms with Crippen LogP contribution in [0, 0.1) is 0 Å². The van der Waals surface area contributed by atoms with Gasteiger partial charge in [-0.15, -0.1) is 0 Å². The molecule has 1 fully saturated rings. The summed E-state index contributed by atoms with van der Waals surface area (Å²) in [6.45, 7) is 5.36. The Morgan fingerprint density at radius 2 is 1.63 bits per heavy atom. The molecular weight excluding hydrogens is 586 g/mol. The van der Waals surface area contributed by atoms with Gasteiger partial charge in [-0.25, -0.2) is 9.78 Å². The number of nitrogens with two attached hydrogens (primary N) is 1. The van der Waals surface area contributed by atoms with Crippen LogP contribution in [0.15, 0.2) is 49.1 Å². The molecule has 43 heavy (non-hydrogen) atoms. The molecule has 1 atom stereocenters. The highest BCUT2D eigenvalue weighted by molar-refractivity contribution is 7.85. The summed E-state index contributed by atoms with van der Waals surface area (Å²) in [5, 5.41) is 8.30. The highest BCUT2D eigenvalue weighted by Gasteiger charge is 2.33. The van der Waals surface area contributed by atoms with E-state index in [2.05, 4.69) is 16.5 Å². The maximum Gasteiger partial charge on any atom is 0.327 e. The van der Waals surface area contributed by atoms with E-state index in [1.807, 2.05) is 23.1 Å². The highest BCUT2D eigenvalue weighted by Crippen LogP contribution is 2.34. The van der Waals surface area contributed by atoms with E-state index in [1.54, 1.807) is 37.3 Å². The Hall–Kier alpha value is -4.83. The van der Waals surface area contributed by atoms with Crippen molar-refractivity contribution in [3.63, 3.8) is 0 Å². The van der Waals surface area contributed by atoms with E-state index >= 15 is 0 Å². The predicted octanol–water partition coefficient (Wildman–Crippen LogP) is 1.48. The van der Waals surface area contributed by atoms with E-state index in [4.69, 9.17) is 34.3 Å². The van der Waals surface area contributed by atoms with Gasteiger partial charge < -0.3 is 39.6 Å². The zero-order valence-corrected chi connectivity index (χ0v) is 24.6. The van der Waals surface area contributed by atoms with Gasteiger partial charge in [0.2, 0.25) is 12.1 Å². The lowest BCUT2D eigenvalue weighted by atomic mass is 10.2. The molecule has 3 aromatic rings. The fourth-order valence-corrected chi connectivity index (χ4v) is 4.08. The summed E-state index contributed by atoms with van der Waals surface area (Å²) >= 11 is 0. The number of ether oxygens (including phenoxy) is 4. The molecule has 16 heteroatoms. The second-order valence-electron chi connectivity index (χ2n) is 9.09. The van der Waals surface area contributed by atoms with Gasteiger partial charge in [-0.3, -0.25) is 9.35 Å². The summed E-state index contributed by atoms with van der Waals surface area (Å²) in [5.41, 5.74) is 6.89. The van der Waals surface area contributed by atoms with Crippen molar-refractivity contribution in [1.82, 2.24) is 14.9 Å². The number of nitrogen functional groups attached to an aromatic ring is 1. The minimum atomic E-state index is -3.67. The number of anilines is 2. The first-order valence-electron chi connectivity index (χ1n) is 12.7. The van der Waals surface area contributed by atoms with Crippen LogP contribution in [-0.2, 0) is 19.7 Å². The number of carbonyl (C=O) groups is 2. The maximum absolute atomic E-state index is 13.0. The fraction of sp³-hybridized carbons (Fsp3) is 0.333. The van der Waals surface area contributed by atoms with E-state index in [0.29, 0.717) is 78.1 Å². The van der Waals surface area contributed by atoms with Crippen LogP contribution in [0.2, 0.25) is 0 Å². The Kier molecular flexibility index (Phi) is 10.9. The smallest absolute Gasteiger partial charge is 0.327 e. The van der Waals surface area contributed by atoms with Gasteiger partial charge >= 0.3 is 5.97 Å². The summed E-state index contributed by atoms with van der Waals surface area (Å²) in [4.78, 5) is 35.2. The van der Waals surface area contributed by atoms with Gasteiger partial charge in [0.05, 0.1) is 26.0 Å². The third-order valence-corrected chi connectivity index (χ3v) is 6.05. The number of hydrogen-bond donors (Lipinski definition) is 3. The van der Waals surface area contributed by atoms with E-state index in [9.17, 15) is 18.0 Å². The van der Waals surface area contributed by atoms with Crippen molar-refractivity contribution in [2.45, 2.75) is 6.10 Å². The number of aromatic nitrogens is 2. The number of para-hydroxylation sites is 2. The topological polar surface area (TPSA) is 204 Å². The Labute approximate surface area is 248 Å². The van der Waals surface area contributed by atoms with Gasteiger partial charge in [0.25, 0.3) is 16.0 Å². The quantitative estimate of drug-likeness (QED) is 0.273. The van der Waals surface area contributed by atoms with Crippen LogP contribution in [0.1, 0.15) is 0 Å². The molecule has 2 aliphatic rings. The summed E-state index contributed by atoms with van der Waals surface area (Å²) in [7, 11) is -0.524. The molecule has 4 N–H and O–H groups in total. The molecule has 0 bridgehead atoms. The number of carboxylic acids is 1. The first-order valence-corrected chi connectivity index (χ1v) is 14.6. The van der Waals surface area contributed by atoms with Crippen molar-refractivity contribution < 1.29 is 46.6 Å². The predicted molar refractivity (Wildman–Crippen MR) is 158 cm³/mol. The van der Waals surface area contributed by atoms with Gasteiger partial charge in [-0.2, -0.15) is 13.4 Å². The summed E-state index contributed by atoms with van der Waals surface area (Å²) in [5.74, 6) is 2.20. The van der Waals surface area contributed by atoms with E-state index in [-0.39, 0.29) is 12.5 Å². The van der Waals surface area contributed by atoms with Crippen molar-refractivity contribution in [3.8, 4) is 23.0 Å². The fourth-order valence-electron chi connectivity index (χ4n) is 4.08. The molecule has 0 radical (unpaired) electrons. The lowest BCUT2D eigenvalue weighted by molar-refractivity contribution is -0.141. The second-order valence-corrected chi connectivity index (χ2v) is 10.6. The molecule has 15 nitrogen and oxygen atoms in total. The van der Waals surface area contributed by atoms with Crippen LogP contribution in [0.5, 0.6) is 23.0 Å². The van der Waals surface area contributed by atoms with E-state index in [1.165, 1.54) is 0 Å². The highest BCUT2D eigenvalue weighted by atomic mass is 32.2. The monoisotopic (exact) mass is 619 g/mol. The molecule has 1 amide bonds. The number of hydrogen-bond acceptors (Lipinski definition) is 12. The van der Waals surface area contributed by atoms with Gasteiger partial charge in [0, 0.05) is 43.7 Å². The van der Waals surface area contributed by atoms with Crippen molar-refractivity contribution in [1.29, 1.82) is 0 Å². The van der Waals surface area contributed by atoms with Gasteiger partial charge in [0.15, 0.2) is 23.0 Å². The van der Waals surface area contributed by atoms with Crippen LogP contribution in [0.3, 0.4) is 0 Å². The second kappa shape index (κ2) is 14.4. The molecule has 2 aromatic carbocycles. The standard InChI is InChI=1S/C23H25N5O5.C3H4O2.CH4O3S/c1-30-18-11-14-15(12-19(18)31-2)25-23(26-21(14)24)28-9-7-27(8-10-28)22(29)20-13-32-16-5-3-4-6-17(16)33-20;1-2-3(4)5;1-5(2,3)4/h3-6,11-12,20H,7-10,13H2,1-2H3,(H2,24,25,26);2H,1H2,(H,4,5);1H3,(H,2,3,4). The van der Waals surface area contributed by atoms with Crippen LogP contribution >= 0.6 is 0 Å². The third-order valence-electron chi connectivity index (χ3n) is 6.05. The minimum absolute atomic E-state index is 0.0834. The minimum Gasteiger partial charge on any atom is -0.493 e. The largest absolute Gasteiger partial charge is 0.493 e. The molecule has 1 aromatic heterocycles. The van der Waals surface area contributed by atoms with Crippen LogP contribution in [0.4, 0.5) is 11.8 Å².